The quantitative estimate of drug-likeness (QED) is 0.861. The van der Waals surface area contributed by atoms with Gasteiger partial charge in [-0.25, -0.2) is 4.79 Å². The van der Waals surface area contributed by atoms with Crippen molar-refractivity contribution in [3.63, 3.8) is 0 Å². The molecule has 0 saturated carbocycles. The van der Waals surface area contributed by atoms with Gasteiger partial charge < -0.3 is 15.7 Å². The van der Waals surface area contributed by atoms with Crippen LogP contribution in [0.1, 0.15) is 37.3 Å². The second-order valence-electron chi connectivity index (χ2n) is 5.60. The van der Waals surface area contributed by atoms with E-state index in [1.807, 2.05) is 31.2 Å². The molecule has 1 aliphatic rings. The van der Waals surface area contributed by atoms with Crippen molar-refractivity contribution in [3.05, 3.63) is 35.4 Å². The van der Waals surface area contributed by atoms with E-state index in [1.165, 1.54) is 4.90 Å². The molecule has 0 saturated heterocycles. The highest BCUT2D eigenvalue weighted by Crippen LogP contribution is 2.24. The molecule has 21 heavy (non-hydrogen) atoms. The number of aliphatic carboxylic acids is 1. The molecule has 0 aliphatic carbocycles. The maximum absolute atomic E-state index is 12.4. The molecule has 2 atom stereocenters. The largest absolute Gasteiger partial charge is 0.480 e. The molecule has 0 spiro atoms. The predicted octanol–water partition coefficient (Wildman–Crippen LogP) is 1.54. The zero-order valence-electron chi connectivity index (χ0n) is 12.3. The van der Waals surface area contributed by atoms with Gasteiger partial charge in [-0.3, -0.25) is 4.79 Å². The average molecular weight is 290 g/mol. The highest BCUT2D eigenvalue weighted by Gasteiger charge is 2.34. The van der Waals surface area contributed by atoms with E-state index < -0.39 is 12.0 Å². The topological polar surface area (TPSA) is 83.6 Å². The van der Waals surface area contributed by atoms with Crippen molar-refractivity contribution in [2.45, 2.75) is 51.2 Å². The van der Waals surface area contributed by atoms with E-state index in [0.717, 1.165) is 24.0 Å². The number of hydrogen-bond acceptors (Lipinski definition) is 3. The smallest absolute Gasteiger partial charge is 0.326 e. The lowest BCUT2D eigenvalue weighted by molar-refractivity contribution is -0.151. The highest BCUT2D eigenvalue weighted by atomic mass is 16.4. The summed E-state index contributed by atoms with van der Waals surface area (Å²) in [6.07, 6.45) is 2.26. The summed E-state index contributed by atoms with van der Waals surface area (Å²) in [6.45, 7) is 2.37. The van der Waals surface area contributed by atoms with Crippen molar-refractivity contribution in [2.24, 2.45) is 5.73 Å². The third kappa shape index (κ3) is 3.61. The predicted molar refractivity (Wildman–Crippen MR) is 79.6 cm³/mol. The molecule has 1 amide bonds. The number of benzene rings is 1. The van der Waals surface area contributed by atoms with Gasteiger partial charge in [0, 0.05) is 25.4 Å². The molecule has 1 aromatic carbocycles. The molecule has 0 radical (unpaired) electrons. The van der Waals surface area contributed by atoms with E-state index in [9.17, 15) is 14.7 Å². The standard InChI is InChI=1S/C16H22N2O3/c1-2-5-13(17)9-15(19)18-10-12-7-4-3-6-11(12)8-14(18)16(20)21/h3-4,6-7,13-14H,2,5,8-10,17H2,1H3,(H,20,21). The van der Waals surface area contributed by atoms with E-state index in [4.69, 9.17) is 5.73 Å². The number of carbonyl (C=O) groups excluding carboxylic acids is 1. The Bertz CT molecular complexity index is 530. The Hall–Kier alpha value is -1.88. The Labute approximate surface area is 124 Å². The van der Waals surface area contributed by atoms with Gasteiger partial charge in [-0.15, -0.1) is 0 Å². The van der Waals surface area contributed by atoms with E-state index in [2.05, 4.69) is 0 Å². The zero-order chi connectivity index (χ0) is 15.4. The number of nitrogens with two attached hydrogens (primary N) is 1. The van der Waals surface area contributed by atoms with Crippen molar-refractivity contribution >= 4 is 11.9 Å². The van der Waals surface area contributed by atoms with Crippen LogP contribution in [0.3, 0.4) is 0 Å². The molecule has 2 rings (SSSR count). The first-order valence-corrected chi connectivity index (χ1v) is 7.37. The van der Waals surface area contributed by atoms with Gasteiger partial charge >= 0.3 is 5.97 Å². The van der Waals surface area contributed by atoms with Gasteiger partial charge in [-0.05, 0) is 17.5 Å². The molecule has 1 aromatic rings. The first-order chi connectivity index (χ1) is 10.0. The van der Waals surface area contributed by atoms with Crippen LogP contribution in [0.2, 0.25) is 0 Å². The first kappa shape index (κ1) is 15.5. The number of rotatable bonds is 5. The minimum Gasteiger partial charge on any atom is -0.480 e. The summed E-state index contributed by atoms with van der Waals surface area (Å²) in [6, 6.07) is 6.68. The normalized spacial score (nSPS) is 19.0. The fourth-order valence-corrected chi connectivity index (χ4v) is 2.82. The molecule has 0 bridgehead atoms. The van der Waals surface area contributed by atoms with Gasteiger partial charge in [0.05, 0.1) is 0 Å². The number of carboxylic acids is 1. The summed E-state index contributed by atoms with van der Waals surface area (Å²) in [7, 11) is 0. The van der Waals surface area contributed by atoms with Crippen LogP contribution in [0.25, 0.3) is 0 Å². The highest BCUT2D eigenvalue weighted by molar-refractivity contribution is 5.84. The van der Waals surface area contributed by atoms with Crippen LogP contribution >= 0.6 is 0 Å². The molecular formula is C16H22N2O3. The molecule has 2 unspecified atom stereocenters. The summed E-state index contributed by atoms with van der Waals surface area (Å²) in [5.41, 5.74) is 7.94. The Morgan fingerprint density at radius 3 is 2.67 bits per heavy atom. The van der Waals surface area contributed by atoms with Crippen LogP contribution in [0.15, 0.2) is 24.3 Å². The average Bonchev–Trinajstić information content (AvgIpc) is 2.45. The number of nitrogens with zero attached hydrogens (tertiary/aromatic N) is 1. The lowest BCUT2D eigenvalue weighted by Gasteiger charge is -2.35. The number of carbonyl (C=O) groups is 2. The van der Waals surface area contributed by atoms with Crippen LogP contribution in [0.4, 0.5) is 0 Å². The summed E-state index contributed by atoms with van der Waals surface area (Å²) in [5.74, 6) is -1.13. The molecule has 0 fully saturated rings. The summed E-state index contributed by atoms with van der Waals surface area (Å²) in [4.78, 5) is 25.3. The Balaban J connectivity index is 2.16. The van der Waals surface area contributed by atoms with Crippen LogP contribution in [0, 0.1) is 0 Å². The maximum Gasteiger partial charge on any atom is 0.326 e. The van der Waals surface area contributed by atoms with E-state index >= 15 is 0 Å². The van der Waals surface area contributed by atoms with Crippen LogP contribution in [-0.2, 0) is 22.6 Å². The summed E-state index contributed by atoms with van der Waals surface area (Å²) < 4.78 is 0. The van der Waals surface area contributed by atoms with Gasteiger partial charge in [0.2, 0.25) is 5.91 Å². The van der Waals surface area contributed by atoms with Crippen molar-refractivity contribution in [1.29, 1.82) is 0 Å². The lowest BCUT2D eigenvalue weighted by Crippen LogP contribution is -2.49. The van der Waals surface area contributed by atoms with Crippen LogP contribution in [-0.4, -0.2) is 34.0 Å². The molecule has 0 aromatic heterocycles. The van der Waals surface area contributed by atoms with Crippen molar-refractivity contribution in [2.75, 3.05) is 0 Å². The Kier molecular flexibility index (Phi) is 4.96. The fourth-order valence-electron chi connectivity index (χ4n) is 2.82. The third-order valence-corrected chi connectivity index (χ3v) is 3.95. The van der Waals surface area contributed by atoms with E-state index in [0.29, 0.717) is 13.0 Å². The number of hydrogen-bond donors (Lipinski definition) is 2. The van der Waals surface area contributed by atoms with Gasteiger partial charge in [-0.2, -0.15) is 0 Å². The van der Waals surface area contributed by atoms with Crippen molar-refractivity contribution in [3.8, 4) is 0 Å². The Morgan fingerprint density at radius 2 is 2.05 bits per heavy atom. The Morgan fingerprint density at radius 1 is 1.38 bits per heavy atom. The van der Waals surface area contributed by atoms with Crippen LogP contribution in [0.5, 0.6) is 0 Å². The molecule has 114 valence electrons. The maximum atomic E-state index is 12.4. The van der Waals surface area contributed by atoms with Crippen molar-refractivity contribution < 1.29 is 14.7 Å². The number of carboxylic acid groups (broad SMARTS) is 1. The van der Waals surface area contributed by atoms with Gasteiger partial charge in [0.15, 0.2) is 0 Å². The van der Waals surface area contributed by atoms with Gasteiger partial charge in [0.1, 0.15) is 6.04 Å². The summed E-state index contributed by atoms with van der Waals surface area (Å²) in [5, 5.41) is 9.40. The monoisotopic (exact) mass is 290 g/mol. The van der Waals surface area contributed by atoms with E-state index in [1.54, 1.807) is 0 Å². The second kappa shape index (κ2) is 6.72. The second-order valence-corrected chi connectivity index (χ2v) is 5.60. The minimum atomic E-state index is -0.957. The molecule has 1 aliphatic heterocycles. The van der Waals surface area contributed by atoms with Gasteiger partial charge in [-0.1, -0.05) is 37.6 Å². The minimum absolute atomic E-state index is 0.169. The molecule has 5 heteroatoms. The lowest BCUT2D eigenvalue weighted by atomic mass is 9.93. The van der Waals surface area contributed by atoms with Crippen LogP contribution < -0.4 is 5.73 Å². The molecule has 1 heterocycles. The SMILES string of the molecule is CCCC(N)CC(=O)N1Cc2ccccc2CC1C(=O)O. The van der Waals surface area contributed by atoms with E-state index in [-0.39, 0.29) is 18.4 Å². The molecular weight excluding hydrogens is 268 g/mol. The zero-order valence-corrected chi connectivity index (χ0v) is 12.3. The molecule has 5 nitrogen and oxygen atoms in total. The first-order valence-electron chi connectivity index (χ1n) is 7.37. The third-order valence-electron chi connectivity index (χ3n) is 3.95. The number of amides is 1. The molecule has 3 N–H and O–H groups in total. The van der Waals surface area contributed by atoms with Crippen molar-refractivity contribution in [1.82, 2.24) is 4.90 Å². The van der Waals surface area contributed by atoms with Gasteiger partial charge in [0.25, 0.3) is 0 Å². The fraction of sp³-hybridized carbons (Fsp3) is 0.500. The summed E-state index contributed by atoms with van der Waals surface area (Å²) >= 11 is 0. The number of fused-ring (bicyclic) bond motifs is 1.